The lowest BCUT2D eigenvalue weighted by molar-refractivity contribution is 0.195. The lowest BCUT2D eigenvalue weighted by Gasteiger charge is -2.36. The summed E-state index contributed by atoms with van der Waals surface area (Å²) in [5.41, 5.74) is 1.28. The molecule has 1 heterocycles. The molecule has 0 saturated carbocycles. The molecule has 0 bridgehead atoms. The van der Waals surface area contributed by atoms with Crippen molar-refractivity contribution in [2.24, 2.45) is 4.99 Å². The Morgan fingerprint density at radius 2 is 1.64 bits per heavy atom. The largest absolute Gasteiger partial charge is 0.497 e. The lowest BCUT2D eigenvalue weighted by Crippen LogP contribution is -2.47. The van der Waals surface area contributed by atoms with E-state index in [0.717, 1.165) is 77.0 Å². The van der Waals surface area contributed by atoms with E-state index in [9.17, 15) is 0 Å². The predicted molar refractivity (Wildman–Crippen MR) is 128 cm³/mol. The van der Waals surface area contributed by atoms with Crippen LogP contribution in [0, 0.1) is 0 Å². The second kappa shape index (κ2) is 14.7. The van der Waals surface area contributed by atoms with Gasteiger partial charge in [-0.15, -0.1) is 24.0 Å². The van der Waals surface area contributed by atoms with Crippen LogP contribution in [0.25, 0.3) is 0 Å². The Labute approximate surface area is 186 Å². The number of halogens is 1. The molecule has 1 aromatic rings. The summed E-state index contributed by atoms with van der Waals surface area (Å²) in [4.78, 5) is 9.23. The van der Waals surface area contributed by atoms with Crippen molar-refractivity contribution in [2.75, 3.05) is 78.6 Å². The number of ether oxygens (including phenoxy) is 2. The number of methoxy groups -OCH3 is 2. The molecule has 7 nitrogen and oxygen atoms in total. The number of nitrogens with zero attached hydrogens (tertiary/aromatic N) is 3. The number of hydrogen-bond acceptors (Lipinski definition) is 5. The first kappa shape index (κ1) is 24.8. The van der Waals surface area contributed by atoms with Crippen molar-refractivity contribution in [3.8, 4) is 5.75 Å². The van der Waals surface area contributed by atoms with E-state index in [4.69, 9.17) is 9.47 Å². The van der Waals surface area contributed by atoms with Crippen LogP contribution in [-0.4, -0.2) is 84.5 Å². The second-order valence-corrected chi connectivity index (χ2v) is 6.65. The molecule has 0 unspecified atom stereocenters. The summed E-state index contributed by atoms with van der Waals surface area (Å²) in [6.07, 6.45) is 2.09. The van der Waals surface area contributed by atoms with Gasteiger partial charge >= 0.3 is 0 Å². The first-order chi connectivity index (χ1) is 13.3. The summed E-state index contributed by atoms with van der Waals surface area (Å²) in [7, 11) is 5.24. The standard InChI is InChI=1S/C20H35N5O2.HI/c1-21-20(23-11-5-17-26-2)22-10-4-12-24-13-15-25(16-14-24)18-6-8-19(27-3)9-7-18;/h6-9H,4-5,10-17H2,1-3H3,(H2,21,22,23);1H. The monoisotopic (exact) mass is 505 g/mol. The zero-order valence-electron chi connectivity index (χ0n) is 17.4. The Morgan fingerprint density at radius 3 is 2.21 bits per heavy atom. The average molecular weight is 505 g/mol. The normalized spacial score (nSPS) is 15.1. The van der Waals surface area contributed by atoms with Crippen LogP contribution in [0.5, 0.6) is 5.75 Å². The first-order valence-corrected chi connectivity index (χ1v) is 9.81. The Balaban J connectivity index is 0.00000392. The van der Waals surface area contributed by atoms with E-state index in [1.807, 2.05) is 19.2 Å². The van der Waals surface area contributed by atoms with Gasteiger partial charge in [0.1, 0.15) is 5.75 Å². The van der Waals surface area contributed by atoms with Crippen LogP contribution in [0.4, 0.5) is 5.69 Å². The minimum absolute atomic E-state index is 0. The van der Waals surface area contributed by atoms with E-state index in [2.05, 4.69) is 37.6 Å². The lowest BCUT2D eigenvalue weighted by atomic mass is 10.2. The summed E-state index contributed by atoms with van der Waals surface area (Å²) in [5, 5.41) is 6.68. The maximum absolute atomic E-state index is 5.23. The Bertz CT molecular complexity index is 548. The summed E-state index contributed by atoms with van der Waals surface area (Å²) >= 11 is 0. The van der Waals surface area contributed by atoms with Crippen molar-refractivity contribution in [3.63, 3.8) is 0 Å². The number of aliphatic imine (C=N–C) groups is 1. The molecular weight excluding hydrogens is 469 g/mol. The molecule has 2 N–H and O–H groups in total. The highest BCUT2D eigenvalue weighted by molar-refractivity contribution is 14.0. The molecule has 8 heteroatoms. The van der Waals surface area contributed by atoms with Crippen LogP contribution in [0.2, 0.25) is 0 Å². The fourth-order valence-corrected chi connectivity index (χ4v) is 3.18. The fraction of sp³-hybridized carbons (Fsp3) is 0.650. The molecule has 0 aromatic heterocycles. The SMILES string of the molecule is CN=C(NCCCOC)NCCCN1CCN(c2ccc(OC)cc2)CC1.I. The van der Waals surface area contributed by atoms with Gasteiger partial charge < -0.3 is 25.0 Å². The van der Waals surface area contributed by atoms with Gasteiger partial charge in [-0.1, -0.05) is 0 Å². The van der Waals surface area contributed by atoms with Crippen LogP contribution >= 0.6 is 24.0 Å². The second-order valence-electron chi connectivity index (χ2n) is 6.65. The van der Waals surface area contributed by atoms with Crippen molar-refractivity contribution in [2.45, 2.75) is 12.8 Å². The number of benzene rings is 1. The molecule has 1 aliphatic rings. The van der Waals surface area contributed by atoms with Gasteiger partial charge in [0.05, 0.1) is 7.11 Å². The number of nitrogens with one attached hydrogen (secondary N) is 2. The summed E-state index contributed by atoms with van der Waals surface area (Å²) in [6, 6.07) is 8.35. The third-order valence-electron chi connectivity index (χ3n) is 4.79. The van der Waals surface area contributed by atoms with Crippen molar-refractivity contribution in [1.29, 1.82) is 0 Å². The van der Waals surface area contributed by atoms with Gasteiger partial charge in [-0.05, 0) is 43.7 Å². The molecule has 160 valence electrons. The van der Waals surface area contributed by atoms with E-state index in [-0.39, 0.29) is 24.0 Å². The molecule has 1 saturated heterocycles. The molecule has 0 spiro atoms. The van der Waals surface area contributed by atoms with E-state index >= 15 is 0 Å². The van der Waals surface area contributed by atoms with Crippen LogP contribution < -0.4 is 20.3 Å². The molecule has 2 rings (SSSR count). The maximum Gasteiger partial charge on any atom is 0.190 e. The summed E-state index contributed by atoms with van der Waals surface area (Å²) in [5.74, 6) is 1.78. The molecule has 0 radical (unpaired) electrons. The van der Waals surface area contributed by atoms with E-state index in [0.29, 0.717) is 0 Å². The molecule has 0 amide bonds. The summed E-state index contributed by atoms with van der Waals surface area (Å²) < 4.78 is 10.3. The van der Waals surface area contributed by atoms with E-state index in [1.54, 1.807) is 14.2 Å². The molecule has 1 aromatic carbocycles. The van der Waals surface area contributed by atoms with Crippen LogP contribution in [-0.2, 0) is 4.74 Å². The Hall–Kier alpha value is -1.26. The van der Waals surface area contributed by atoms with Crippen LogP contribution in [0.15, 0.2) is 29.3 Å². The van der Waals surface area contributed by atoms with Gasteiger partial charge in [0.2, 0.25) is 0 Å². The highest BCUT2D eigenvalue weighted by atomic mass is 127. The van der Waals surface area contributed by atoms with Gasteiger partial charge in [-0.25, -0.2) is 0 Å². The Morgan fingerprint density at radius 1 is 1.00 bits per heavy atom. The van der Waals surface area contributed by atoms with Gasteiger partial charge in [-0.3, -0.25) is 9.89 Å². The number of guanidine groups is 1. The third kappa shape index (κ3) is 8.83. The molecule has 1 aliphatic heterocycles. The fourth-order valence-electron chi connectivity index (χ4n) is 3.18. The predicted octanol–water partition coefficient (Wildman–Crippen LogP) is 2.03. The number of rotatable bonds is 10. The summed E-state index contributed by atoms with van der Waals surface area (Å²) in [6.45, 7) is 8.05. The molecule has 1 fully saturated rings. The van der Waals surface area contributed by atoms with Crippen LogP contribution in [0.1, 0.15) is 12.8 Å². The highest BCUT2D eigenvalue weighted by Crippen LogP contribution is 2.20. The zero-order chi connectivity index (χ0) is 19.3. The van der Waals surface area contributed by atoms with Crippen molar-refractivity contribution < 1.29 is 9.47 Å². The van der Waals surface area contributed by atoms with Crippen molar-refractivity contribution in [3.05, 3.63) is 24.3 Å². The minimum Gasteiger partial charge on any atom is -0.497 e. The molecule has 0 aliphatic carbocycles. The molecule has 28 heavy (non-hydrogen) atoms. The minimum atomic E-state index is 0. The Kier molecular flexibility index (Phi) is 13.0. The highest BCUT2D eigenvalue weighted by Gasteiger charge is 2.16. The van der Waals surface area contributed by atoms with Crippen molar-refractivity contribution >= 4 is 35.6 Å². The maximum atomic E-state index is 5.23. The van der Waals surface area contributed by atoms with Gasteiger partial charge in [0, 0.05) is 65.7 Å². The number of anilines is 1. The van der Waals surface area contributed by atoms with Crippen LogP contribution in [0.3, 0.4) is 0 Å². The average Bonchev–Trinajstić information content (AvgIpc) is 2.73. The van der Waals surface area contributed by atoms with Gasteiger partial charge in [0.15, 0.2) is 5.96 Å². The first-order valence-electron chi connectivity index (χ1n) is 9.81. The quantitative estimate of drug-likeness (QED) is 0.220. The van der Waals surface area contributed by atoms with Crippen molar-refractivity contribution in [1.82, 2.24) is 15.5 Å². The zero-order valence-corrected chi connectivity index (χ0v) is 19.8. The molecular formula is C20H36IN5O2. The topological polar surface area (TPSA) is 61.4 Å². The number of hydrogen-bond donors (Lipinski definition) is 2. The number of piperazine rings is 1. The van der Waals surface area contributed by atoms with Gasteiger partial charge in [0.25, 0.3) is 0 Å². The van der Waals surface area contributed by atoms with E-state index < -0.39 is 0 Å². The van der Waals surface area contributed by atoms with Gasteiger partial charge in [-0.2, -0.15) is 0 Å². The van der Waals surface area contributed by atoms with E-state index in [1.165, 1.54) is 5.69 Å². The molecule has 0 atom stereocenters. The third-order valence-corrected chi connectivity index (χ3v) is 4.79. The smallest absolute Gasteiger partial charge is 0.190 e.